The van der Waals surface area contributed by atoms with Gasteiger partial charge >= 0.3 is 0 Å². The molecule has 2 saturated carbocycles. The molecule has 0 radical (unpaired) electrons. The molecule has 0 aromatic rings. The molecule has 2 aliphatic rings. The summed E-state index contributed by atoms with van der Waals surface area (Å²) in [6, 6.07) is 0. The Bertz CT molecular complexity index is 262. The molecular formula is C11H16O. The SMILES string of the molecule is C=C1C(=O)[C@H]2C[C@@H]1C(C)(C)C2C. The highest BCUT2D eigenvalue weighted by molar-refractivity contribution is 6.01. The molecule has 1 heteroatoms. The van der Waals surface area contributed by atoms with Crippen LogP contribution in [0.25, 0.3) is 0 Å². The first-order valence-electron chi connectivity index (χ1n) is 4.69. The summed E-state index contributed by atoms with van der Waals surface area (Å²) in [5.41, 5.74) is 1.19. The number of Topliss-reactive ketones (excluding diaryl/α,β-unsaturated/α-hetero) is 1. The molecule has 66 valence electrons. The average Bonchev–Trinajstić information content (AvgIpc) is 2.38. The van der Waals surface area contributed by atoms with Crippen molar-refractivity contribution >= 4 is 5.78 Å². The standard InChI is InChI=1S/C11H16O/c1-6-9-5-8(10(6)12)7(2)11(9,3)4/h7-9H,1,5H2,2-4H3/t7?,8-,9-/m0/s1. The molecule has 1 unspecified atom stereocenters. The van der Waals surface area contributed by atoms with E-state index in [1.54, 1.807) is 0 Å². The Kier molecular flexibility index (Phi) is 1.35. The van der Waals surface area contributed by atoms with Crippen LogP contribution in [0.4, 0.5) is 0 Å². The van der Waals surface area contributed by atoms with Crippen molar-refractivity contribution in [2.24, 2.45) is 23.2 Å². The Morgan fingerprint density at radius 3 is 2.50 bits per heavy atom. The Hall–Kier alpha value is -0.590. The fourth-order valence-electron chi connectivity index (χ4n) is 2.93. The van der Waals surface area contributed by atoms with Crippen molar-refractivity contribution in [3.63, 3.8) is 0 Å². The third-order valence-corrected chi connectivity index (χ3v) is 4.24. The maximum absolute atomic E-state index is 11.6. The van der Waals surface area contributed by atoms with E-state index in [1.807, 2.05) is 0 Å². The molecule has 2 rings (SSSR count). The molecule has 2 bridgehead atoms. The first kappa shape index (κ1) is 8.03. The predicted octanol–water partition coefficient (Wildman–Crippen LogP) is 2.42. The maximum Gasteiger partial charge on any atom is 0.161 e. The smallest absolute Gasteiger partial charge is 0.161 e. The third kappa shape index (κ3) is 0.675. The zero-order chi connectivity index (χ0) is 9.09. The van der Waals surface area contributed by atoms with Crippen LogP contribution in [-0.4, -0.2) is 5.78 Å². The highest BCUT2D eigenvalue weighted by Crippen LogP contribution is 2.59. The van der Waals surface area contributed by atoms with E-state index in [0.29, 0.717) is 23.0 Å². The van der Waals surface area contributed by atoms with Gasteiger partial charge in [0, 0.05) is 5.92 Å². The number of fused-ring (bicyclic) bond motifs is 2. The molecule has 0 heterocycles. The number of hydrogen-bond acceptors (Lipinski definition) is 1. The van der Waals surface area contributed by atoms with Crippen LogP contribution in [0.2, 0.25) is 0 Å². The first-order chi connectivity index (χ1) is 5.46. The van der Waals surface area contributed by atoms with Crippen molar-refractivity contribution in [2.75, 3.05) is 0 Å². The minimum Gasteiger partial charge on any atom is -0.294 e. The van der Waals surface area contributed by atoms with Crippen LogP contribution in [0, 0.1) is 23.2 Å². The lowest BCUT2D eigenvalue weighted by atomic mass is 9.68. The number of carbonyl (C=O) groups excluding carboxylic acids is 1. The second-order valence-corrected chi connectivity index (χ2v) is 4.89. The fraction of sp³-hybridized carbons (Fsp3) is 0.727. The first-order valence-corrected chi connectivity index (χ1v) is 4.69. The number of allylic oxidation sites excluding steroid dienone is 1. The summed E-state index contributed by atoms with van der Waals surface area (Å²) >= 11 is 0. The van der Waals surface area contributed by atoms with Crippen molar-refractivity contribution < 1.29 is 4.79 Å². The van der Waals surface area contributed by atoms with Gasteiger partial charge < -0.3 is 0 Å². The van der Waals surface area contributed by atoms with Crippen LogP contribution in [0.5, 0.6) is 0 Å². The highest BCUT2D eigenvalue weighted by Gasteiger charge is 2.56. The van der Waals surface area contributed by atoms with Crippen molar-refractivity contribution in [1.82, 2.24) is 0 Å². The van der Waals surface area contributed by atoms with Crippen LogP contribution >= 0.6 is 0 Å². The van der Waals surface area contributed by atoms with E-state index in [4.69, 9.17) is 0 Å². The Morgan fingerprint density at radius 1 is 1.50 bits per heavy atom. The summed E-state index contributed by atoms with van der Waals surface area (Å²) in [5, 5.41) is 0. The maximum atomic E-state index is 11.6. The van der Waals surface area contributed by atoms with Crippen molar-refractivity contribution in [2.45, 2.75) is 27.2 Å². The van der Waals surface area contributed by atoms with Gasteiger partial charge in [0.15, 0.2) is 5.78 Å². The quantitative estimate of drug-likeness (QED) is 0.502. The summed E-state index contributed by atoms with van der Waals surface area (Å²) in [4.78, 5) is 11.6. The number of hydrogen-bond donors (Lipinski definition) is 0. The minimum atomic E-state index is 0.289. The van der Waals surface area contributed by atoms with E-state index < -0.39 is 0 Å². The molecule has 3 atom stereocenters. The third-order valence-electron chi connectivity index (χ3n) is 4.24. The molecule has 0 N–H and O–H groups in total. The second kappa shape index (κ2) is 2.01. The average molecular weight is 164 g/mol. The van der Waals surface area contributed by atoms with Gasteiger partial charge in [0.2, 0.25) is 0 Å². The molecule has 0 amide bonds. The molecule has 0 aromatic heterocycles. The Balaban J connectivity index is 2.42. The van der Waals surface area contributed by atoms with Crippen molar-refractivity contribution in [1.29, 1.82) is 0 Å². The number of rotatable bonds is 0. The summed E-state index contributed by atoms with van der Waals surface area (Å²) < 4.78 is 0. The molecule has 0 saturated heterocycles. The van der Waals surface area contributed by atoms with Crippen molar-refractivity contribution in [3.05, 3.63) is 12.2 Å². The number of ketones is 1. The van der Waals surface area contributed by atoms with Crippen LogP contribution in [0.3, 0.4) is 0 Å². The lowest BCUT2D eigenvalue weighted by Gasteiger charge is -2.36. The monoisotopic (exact) mass is 164 g/mol. The second-order valence-electron chi connectivity index (χ2n) is 4.89. The van der Waals surface area contributed by atoms with Gasteiger partial charge in [-0.25, -0.2) is 0 Å². The van der Waals surface area contributed by atoms with Gasteiger partial charge in [-0.3, -0.25) is 4.79 Å². The summed E-state index contributed by atoms with van der Waals surface area (Å²) in [6.45, 7) is 10.6. The summed E-state index contributed by atoms with van der Waals surface area (Å²) in [7, 11) is 0. The molecule has 12 heavy (non-hydrogen) atoms. The fourth-order valence-corrected chi connectivity index (χ4v) is 2.93. The molecule has 0 spiro atoms. The Labute approximate surface area is 73.8 Å². The highest BCUT2D eigenvalue weighted by atomic mass is 16.1. The van der Waals surface area contributed by atoms with Gasteiger partial charge in [-0.1, -0.05) is 27.4 Å². The van der Waals surface area contributed by atoms with E-state index in [9.17, 15) is 4.79 Å². The molecule has 0 aliphatic heterocycles. The molecule has 0 aromatic carbocycles. The van der Waals surface area contributed by atoms with Gasteiger partial charge in [-0.2, -0.15) is 0 Å². The lowest BCUT2D eigenvalue weighted by Crippen LogP contribution is -2.34. The topological polar surface area (TPSA) is 17.1 Å². The Morgan fingerprint density at radius 2 is 2.08 bits per heavy atom. The van der Waals surface area contributed by atoms with Gasteiger partial charge in [-0.15, -0.1) is 0 Å². The van der Waals surface area contributed by atoms with E-state index in [1.165, 1.54) is 0 Å². The van der Waals surface area contributed by atoms with Crippen LogP contribution < -0.4 is 0 Å². The van der Waals surface area contributed by atoms with Crippen LogP contribution in [0.15, 0.2) is 12.2 Å². The van der Waals surface area contributed by atoms with E-state index in [-0.39, 0.29) is 5.92 Å². The van der Waals surface area contributed by atoms with E-state index >= 15 is 0 Å². The van der Waals surface area contributed by atoms with Crippen molar-refractivity contribution in [3.8, 4) is 0 Å². The molecule has 2 fully saturated rings. The van der Waals surface area contributed by atoms with E-state index in [2.05, 4.69) is 27.4 Å². The van der Waals surface area contributed by atoms with Crippen LogP contribution in [-0.2, 0) is 4.79 Å². The summed E-state index contributed by atoms with van der Waals surface area (Å²) in [6.07, 6.45) is 1.06. The normalized spacial score (nSPS) is 44.1. The molecule has 1 nitrogen and oxygen atoms in total. The van der Waals surface area contributed by atoms with Gasteiger partial charge in [0.05, 0.1) is 0 Å². The van der Waals surface area contributed by atoms with Crippen LogP contribution in [0.1, 0.15) is 27.2 Å². The van der Waals surface area contributed by atoms with Gasteiger partial charge in [0.25, 0.3) is 0 Å². The molecular weight excluding hydrogens is 148 g/mol. The molecule has 2 aliphatic carbocycles. The zero-order valence-corrected chi connectivity index (χ0v) is 8.05. The summed E-state index contributed by atoms with van der Waals surface area (Å²) in [5.74, 6) is 1.63. The lowest BCUT2D eigenvalue weighted by molar-refractivity contribution is -0.121. The van der Waals surface area contributed by atoms with Gasteiger partial charge in [0.1, 0.15) is 0 Å². The predicted molar refractivity (Wildman–Crippen MR) is 48.7 cm³/mol. The van der Waals surface area contributed by atoms with E-state index in [0.717, 1.165) is 12.0 Å². The minimum absolute atomic E-state index is 0.289. The zero-order valence-electron chi connectivity index (χ0n) is 8.05. The number of carbonyl (C=O) groups is 1. The largest absolute Gasteiger partial charge is 0.294 e. The van der Waals surface area contributed by atoms with Gasteiger partial charge in [-0.05, 0) is 29.2 Å².